The third kappa shape index (κ3) is 1.78. The van der Waals surface area contributed by atoms with Gasteiger partial charge in [-0.15, -0.1) is 0 Å². The highest BCUT2D eigenvalue weighted by Crippen LogP contribution is 2.35. The molecule has 0 amide bonds. The van der Waals surface area contributed by atoms with E-state index in [2.05, 4.69) is 22.6 Å². The molecule has 1 aliphatic heterocycles. The Kier molecular flexibility index (Phi) is 2.67. The molecule has 0 bridgehead atoms. The van der Waals surface area contributed by atoms with E-state index in [0.717, 1.165) is 26.3 Å². The summed E-state index contributed by atoms with van der Waals surface area (Å²) in [5.74, 6) is 0.879. The molecule has 0 aliphatic carbocycles. The number of halogens is 2. The van der Waals surface area contributed by atoms with Crippen LogP contribution in [0.1, 0.15) is 5.56 Å². The zero-order valence-electron chi connectivity index (χ0n) is 6.76. The van der Waals surface area contributed by atoms with Gasteiger partial charge in [0.15, 0.2) is 0 Å². The molecule has 1 atom stereocenters. The van der Waals surface area contributed by atoms with Crippen LogP contribution in [0.15, 0.2) is 12.1 Å². The Bertz CT molecular complexity index is 341. The molecule has 13 heavy (non-hydrogen) atoms. The van der Waals surface area contributed by atoms with E-state index in [-0.39, 0.29) is 12.7 Å². The van der Waals surface area contributed by atoms with Crippen LogP contribution in [-0.4, -0.2) is 17.8 Å². The van der Waals surface area contributed by atoms with Crippen molar-refractivity contribution in [1.82, 2.24) is 0 Å². The lowest BCUT2D eigenvalue weighted by Gasteiger charge is -2.06. The lowest BCUT2D eigenvalue weighted by Crippen LogP contribution is -2.17. The number of benzene rings is 1. The van der Waals surface area contributed by atoms with Crippen molar-refractivity contribution >= 4 is 34.2 Å². The van der Waals surface area contributed by atoms with Crippen LogP contribution >= 0.6 is 34.2 Å². The van der Waals surface area contributed by atoms with E-state index in [4.69, 9.17) is 21.4 Å². The van der Waals surface area contributed by atoms with Gasteiger partial charge < -0.3 is 9.84 Å². The number of fused-ring (bicyclic) bond motifs is 1. The molecule has 2 nitrogen and oxygen atoms in total. The van der Waals surface area contributed by atoms with Crippen molar-refractivity contribution < 1.29 is 9.84 Å². The van der Waals surface area contributed by atoms with Crippen molar-refractivity contribution in [2.45, 2.75) is 12.5 Å². The van der Waals surface area contributed by atoms with Gasteiger partial charge in [-0.3, -0.25) is 0 Å². The Morgan fingerprint density at radius 2 is 2.38 bits per heavy atom. The third-order valence-corrected chi connectivity index (χ3v) is 3.04. The Balaban J connectivity index is 2.40. The van der Waals surface area contributed by atoms with Crippen molar-refractivity contribution in [2.75, 3.05) is 6.61 Å². The minimum atomic E-state index is -0.0954. The minimum Gasteiger partial charge on any atom is -0.486 e. The summed E-state index contributed by atoms with van der Waals surface area (Å²) in [6.07, 6.45) is 0.657. The molecule has 1 unspecified atom stereocenters. The van der Waals surface area contributed by atoms with Gasteiger partial charge in [-0.1, -0.05) is 11.6 Å². The maximum atomic E-state index is 8.94. The summed E-state index contributed by atoms with van der Waals surface area (Å²) < 4.78 is 6.54. The number of hydrogen-bond donors (Lipinski definition) is 1. The predicted molar refractivity (Wildman–Crippen MR) is 59.4 cm³/mol. The zero-order valence-corrected chi connectivity index (χ0v) is 9.67. The molecule has 1 N–H and O–H groups in total. The Labute approximate surface area is 95.0 Å². The van der Waals surface area contributed by atoms with Crippen LogP contribution < -0.4 is 4.74 Å². The lowest BCUT2D eigenvalue weighted by atomic mass is 10.1. The van der Waals surface area contributed by atoms with Crippen molar-refractivity contribution in [2.24, 2.45) is 0 Å². The SMILES string of the molecule is OCC1Cc2cc(Cl)cc(I)c2O1. The Hall–Kier alpha value is -0.000000000000000111. The average Bonchev–Trinajstić information content (AvgIpc) is 2.47. The van der Waals surface area contributed by atoms with Gasteiger partial charge in [0.2, 0.25) is 0 Å². The van der Waals surface area contributed by atoms with Crippen molar-refractivity contribution in [3.8, 4) is 5.75 Å². The highest BCUT2D eigenvalue weighted by atomic mass is 127. The number of rotatable bonds is 1. The van der Waals surface area contributed by atoms with E-state index in [0.29, 0.717) is 0 Å². The monoisotopic (exact) mass is 310 g/mol. The summed E-state index contributed by atoms with van der Waals surface area (Å²) in [7, 11) is 0. The Morgan fingerprint density at radius 1 is 1.62 bits per heavy atom. The number of ether oxygens (including phenoxy) is 1. The maximum Gasteiger partial charge on any atom is 0.136 e. The van der Waals surface area contributed by atoms with Gasteiger partial charge in [-0.25, -0.2) is 0 Å². The predicted octanol–water partition coefficient (Wildman–Crippen LogP) is 2.24. The molecular formula is C9H8ClIO2. The molecule has 1 aromatic carbocycles. The minimum absolute atomic E-state index is 0.0579. The first-order chi connectivity index (χ1) is 6.20. The average molecular weight is 311 g/mol. The highest BCUT2D eigenvalue weighted by Gasteiger charge is 2.24. The summed E-state index contributed by atoms with van der Waals surface area (Å²) in [6.45, 7) is 0.0579. The molecule has 0 radical (unpaired) electrons. The molecule has 0 aromatic heterocycles. The van der Waals surface area contributed by atoms with Gasteiger partial charge in [-0.05, 0) is 34.7 Å². The standard InChI is InChI=1S/C9H8ClIO2/c10-6-1-5-2-7(4-12)13-9(5)8(11)3-6/h1,3,7,12H,2,4H2. The van der Waals surface area contributed by atoms with Gasteiger partial charge in [0.1, 0.15) is 11.9 Å². The molecule has 0 saturated carbocycles. The molecule has 1 heterocycles. The molecule has 70 valence electrons. The van der Waals surface area contributed by atoms with Crippen molar-refractivity contribution in [3.63, 3.8) is 0 Å². The second-order valence-corrected chi connectivity index (χ2v) is 4.60. The lowest BCUT2D eigenvalue weighted by molar-refractivity contribution is 0.134. The van der Waals surface area contributed by atoms with E-state index in [9.17, 15) is 0 Å². The van der Waals surface area contributed by atoms with Crippen LogP contribution in [0, 0.1) is 3.57 Å². The number of hydrogen-bond acceptors (Lipinski definition) is 2. The summed E-state index contributed by atoms with van der Waals surface area (Å²) in [4.78, 5) is 0. The maximum absolute atomic E-state index is 8.94. The van der Waals surface area contributed by atoms with Gasteiger partial charge in [-0.2, -0.15) is 0 Å². The van der Waals surface area contributed by atoms with Crippen LogP contribution in [0.5, 0.6) is 5.75 Å². The number of aliphatic hydroxyl groups is 1. The summed E-state index contributed by atoms with van der Waals surface area (Å²) in [5.41, 5.74) is 1.09. The van der Waals surface area contributed by atoms with Crippen molar-refractivity contribution in [1.29, 1.82) is 0 Å². The molecule has 0 spiro atoms. The first-order valence-electron chi connectivity index (χ1n) is 3.96. The van der Waals surface area contributed by atoms with Crippen LogP contribution in [0.4, 0.5) is 0 Å². The Morgan fingerprint density at radius 3 is 3.08 bits per heavy atom. The molecule has 0 fully saturated rings. The molecule has 1 aromatic rings. The molecule has 4 heteroatoms. The van der Waals surface area contributed by atoms with E-state index in [1.54, 1.807) is 0 Å². The molecule has 1 aliphatic rings. The van der Waals surface area contributed by atoms with Gasteiger partial charge in [0, 0.05) is 17.0 Å². The largest absolute Gasteiger partial charge is 0.486 e. The van der Waals surface area contributed by atoms with Crippen LogP contribution in [0.25, 0.3) is 0 Å². The zero-order chi connectivity index (χ0) is 9.42. The second kappa shape index (κ2) is 3.63. The topological polar surface area (TPSA) is 29.5 Å². The highest BCUT2D eigenvalue weighted by molar-refractivity contribution is 14.1. The summed E-state index contributed by atoms with van der Waals surface area (Å²) in [6, 6.07) is 3.76. The van der Waals surface area contributed by atoms with Gasteiger partial charge in [0.05, 0.1) is 10.2 Å². The smallest absolute Gasteiger partial charge is 0.136 e. The first kappa shape index (κ1) is 9.55. The van der Waals surface area contributed by atoms with E-state index in [1.807, 2.05) is 12.1 Å². The van der Waals surface area contributed by atoms with Crippen LogP contribution in [0.3, 0.4) is 0 Å². The van der Waals surface area contributed by atoms with Crippen LogP contribution in [-0.2, 0) is 6.42 Å². The van der Waals surface area contributed by atoms with Crippen LogP contribution in [0.2, 0.25) is 5.02 Å². The fraction of sp³-hybridized carbons (Fsp3) is 0.333. The third-order valence-electron chi connectivity index (χ3n) is 2.02. The van der Waals surface area contributed by atoms with Gasteiger partial charge in [0.25, 0.3) is 0 Å². The van der Waals surface area contributed by atoms with E-state index < -0.39 is 0 Å². The fourth-order valence-corrected chi connectivity index (χ4v) is 2.69. The van der Waals surface area contributed by atoms with Gasteiger partial charge >= 0.3 is 0 Å². The molecular weight excluding hydrogens is 302 g/mol. The van der Waals surface area contributed by atoms with E-state index >= 15 is 0 Å². The van der Waals surface area contributed by atoms with E-state index in [1.165, 1.54) is 0 Å². The van der Waals surface area contributed by atoms with Crippen molar-refractivity contribution in [3.05, 3.63) is 26.3 Å². The first-order valence-corrected chi connectivity index (χ1v) is 5.42. The fourth-order valence-electron chi connectivity index (χ4n) is 1.45. The molecule has 2 rings (SSSR count). The second-order valence-electron chi connectivity index (χ2n) is 3.00. The molecule has 0 saturated heterocycles. The summed E-state index contributed by atoms with van der Waals surface area (Å²) in [5, 5.41) is 9.67. The summed E-state index contributed by atoms with van der Waals surface area (Å²) >= 11 is 8.08. The normalized spacial score (nSPS) is 19.8. The number of aliphatic hydroxyl groups excluding tert-OH is 1. The quantitative estimate of drug-likeness (QED) is 0.806.